The van der Waals surface area contributed by atoms with E-state index >= 15 is 0 Å². The van der Waals surface area contributed by atoms with Crippen molar-refractivity contribution >= 4 is 22.8 Å². The quantitative estimate of drug-likeness (QED) is 0.334. The summed E-state index contributed by atoms with van der Waals surface area (Å²) in [5.74, 6) is 1.88. The van der Waals surface area contributed by atoms with Crippen molar-refractivity contribution in [3.8, 4) is 5.69 Å². The largest absolute Gasteiger partial charge is 0.352 e. The van der Waals surface area contributed by atoms with E-state index in [0.29, 0.717) is 19.5 Å². The minimum Gasteiger partial charge on any atom is -0.352 e. The molecular formula is C28H39FN6O. The Kier molecular flexibility index (Phi) is 8.54. The third kappa shape index (κ3) is 5.68. The smallest absolute Gasteiger partial charge is 0.222 e. The van der Waals surface area contributed by atoms with Crippen molar-refractivity contribution in [1.29, 1.82) is 0 Å². The van der Waals surface area contributed by atoms with Gasteiger partial charge in [0.05, 0.1) is 16.8 Å². The first-order valence-corrected chi connectivity index (χ1v) is 13.5. The fraction of sp³-hybridized carbons (Fsp3) is 0.571. The van der Waals surface area contributed by atoms with Crippen LogP contribution in [0.1, 0.15) is 83.2 Å². The predicted octanol–water partition coefficient (Wildman–Crippen LogP) is 5.79. The summed E-state index contributed by atoms with van der Waals surface area (Å²) in [4.78, 5) is 27.0. The molecule has 1 aliphatic rings. The number of benzene rings is 1. The van der Waals surface area contributed by atoms with E-state index < -0.39 is 0 Å². The summed E-state index contributed by atoms with van der Waals surface area (Å²) in [6, 6.07) is 6.34. The van der Waals surface area contributed by atoms with Crippen LogP contribution in [0.5, 0.6) is 0 Å². The molecule has 7 nitrogen and oxygen atoms in total. The second-order valence-corrected chi connectivity index (χ2v) is 9.95. The average molecular weight is 495 g/mol. The maximum Gasteiger partial charge on any atom is 0.222 e. The molecule has 3 aromatic rings. The Morgan fingerprint density at radius 2 is 1.72 bits per heavy atom. The van der Waals surface area contributed by atoms with Gasteiger partial charge in [-0.05, 0) is 44.0 Å². The van der Waals surface area contributed by atoms with E-state index in [1.54, 1.807) is 16.8 Å². The zero-order valence-corrected chi connectivity index (χ0v) is 22.1. The average Bonchev–Trinajstić information content (AvgIpc) is 3.23. The molecule has 4 rings (SSSR count). The molecule has 2 aromatic heterocycles. The molecule has 1 aliphatic heterocycles. The first-order chi connectivity index (χ1) is 17.4. The molecule has 194 valence electrons. The van der Waals surface area contributed by atoms with Crippen LogP contribution in [0.2, 0.25) is 0 Å². The number of aryl methyl sites for hydroxylation is 1. The summed E-state index contributed by atoms with van der Waals surface area (Å²) in [5, 5.41) is 5.71. The molecule has 0 radical (unpaired) electrons. The van der Waals surface area contributed by atoms with E-state index in [0.717, 1.165) is 72.8 Å². The number of hydrogen-bond donors (Lipinski definition) is 0. The molecule has 1 atom stereocenters. The fourth-order valence-electron chi connectivity index (χ4n) is 4.98. The molecule has 8 heteroatoms. The van der Waals surface area contributed by atoms with Crippen LogP contribution in [0.4, 0.5) is 10.2 Å². The highest BCUT2D eigenvalue weighted by atomic mass is 19.1. The molecule has 0 aliphatic carbocycles. The van der Waals surface area contributed by atoms with Gasteiger partial charge in [0.1, 0.15) is 17.5 Å². The minimum atomic E-state index is -0.280. The highest BCUT2D eigenvalue weighted by Gasteiger charge is 2.27. The third-order valence-corrected chi connectivity index (χ3v) is 7.11. The van der Waals surface area contributed by atoms with Crippen LogP contribution in [0, 0.1) is 12.7 Å². The van der Waals surface area contributed by atoms with Gasteiger partial charge < -0.3 is 9.80 Å². The number of rotatable bonds is 10. The summed E-state index contributed by atoms with van der Waals surface area (Å²) < 4.78 is 15.4. The minimum absolute atomic E-state index is 0.209. The lowest BCUT2D eigenvalue weighted by atomic mass is 10.1. The predicted molar refractivity (Wildman–Crippen MR) is 142 cm³/mol. The molecule has 0 N–H and O–H groups in total. The molecule has 0 unspecified atom stereocenters. The highest BCUT2D eigenvalue weighted by Crippen LogP contribution is 2.32. The number of amides is 1. The maximum atomic E-state index is 13.6. The van der Waals surface area contributed by atoms with Gasteiger partial charge in [-0.3, -0.25) is 4.79 Å². The van der Waals surface area contributed by atoms with Crippen LogP contribution >= 0.6 is 0 Å². The first kappa shape index (κ1) is 26.0. The van der Waals surface area contributed by atoms with Gasteiger partial charge in [0.25, 0.3) is 0 Å². The van der Waals surface area contributed by atoms with Gasteiger partial charge in [0, 0.05) is 38.5 Å². The van der Waals surface area contributed by atoms with Crippen molar-refractivity contribution in [2.24, 2.45) is 0 Å². The van der Waals surface area contributed by atoms with E-state index in [1.165, 1.54) is 25.0 Å². The van der Waals surface area contributed by atoms with Crippen molar-refractivity contribution in [3.63, 3.8) is 0 Å². The molecule has 1 fully saturated rings. The number of halogens is 1. The third-order valence-electron chi connectivity index (χ3n) is 7.11. The maximum absolute atomic E-state index is 13.6. The summed E-state index contributed by atoms with van der Waals surface area (Å²) in [6.45, 7) is 11.3. The SMILES string of the molecule is CCCCCCC(=O)N1CCN(c2nc([C@H](C)CCC)nc3c2c(C)nn3-c2ccc(F)cc2)CC1. The van der Waals surface area contributed by atoms with Crippen LogP contribution in [0.25, 0.3) is 16.7 Å². The second-order valence-electron chi connectivity index (χ2n) is 9.95. The zero-order valence-electron chi connectivity index (χ0n) is 22.1. The van der Waals surface area contributed by atoms with E-state index in [2.05, 4.69) is 25.7 Å². The van der Waals surface area contributed by atoms with Gasteiger partial charge in [-0.2, -0.15) is 5.10 Å². The molecule has 1 aromatic carbocycles. The van der Waals surface area contributed by atoms with Gasteiger partial charge in [-0.15, -0.1) is 0 Å². The first-order valence-electron chi connectivity index (χ1n) is 13.5. The van der Waals surface area contributed by atoms with E-state index in [1.807, 2.05) is 11.8 Å². The monoisotopic (exact) mass is 494 g/mol. The molecule has 0 saturated carbocycles. The Labute approximate surface area is 213 Å². The zero-order chi connectivity index (χ0) is 25.7. The van der Waals surface area contributed by atoms with Crippen LogP contribution in [-0.4, -0.2) is 56.7 Å². The topological polar surface area (TPSA) is 67.2 Å². The number of anilines is 1. The van der Waals surface area contributed by atoms with Crippen molar-refractivity contribution in [2.75, 3.05) is 31.1 Å². The molecular weight excluding hydrogens is 455 g/mol. The Balaban J connectivity index is 1.63. The Bertz CT molecular complexity index is 1170. The number of piperazine rings is 1. The van der Waals surface area contributed by atoms with Gasteiger partial charge in [-0.1, -0.05) is 46.5 Å². The second kappa shape index (κ2) is 11.8. The Morgan fingerprint density at radius 1 is 1.00 bits per heavy atom. The molecule has 0 bridgehead atoms. The van der Waals surface area contributed by atoms with E-state index in [4.69, 9.17) is 15.1 Å². The van der Waals surface area contributed by atoms with Crippen LogP contribution < -0.4 is 4.90 Å². The summed E-state index contributed by atoms with van der Waals surface area (Å²) >= 11 is 0. The van der Waals surface area contributed by atoms with Crippen molar-refractivity contribution < 1.29 is 9.18 Å². The van der Waals surface area contributed by atoms with Crippen LogP contribution in [0.3, 0.4) is 0 Å². The number of hydrogen-bond acceptors (Lipinski definition) is 5. The van der Waals surface area contributed by atoms with Crippen LogP contribution in [0.15, 0.2) is 24.3 Å². The summed E-state index contributed by atoms with van der Waals surface area (Å²) in [6.07, 6.45) is 7.14. The lowest BCUT2D eigenvalue weighted by Gasteiger charge is -2.36. The van der Waals surface area contributed by atoms with Crippen molar-refractivity contribution in [2.45, 2.75) is 78.6 Å². The van der Waals surface area contributed by atoms with Gasteiger partial charge in [0.2, 0.25) is 5.91 Å². The lowest BCUT2D eigenvalue weighted by molar-refractivity contribution is -0.131. The van der Waals surface area contributed by atoms with Crippen LogP contribution in [-0.2, 0) is 4.79 Å². The van der Waals surface area contributed by atoms with Crippen molar-refractivity contribution in [1.82, 2.24) is 24.6 Å². The number of carbonyl (C=O) groups is 1. The van der Waals surface area contributed by atoms with E-state index in [-0.39, 0.29) is 17.6 Å². The summed E-state index contributed by atoms with van der Waals surface area (Å²) in [5.41, 5.74) is 2.36. The standard InChI is InChI=1S/C28H39FN6O/c1-5-7-8-9-11-24(36)33-16-18-34(19-17-33)27-25-21(4)32-35(23-14-12-22(29)13-15-23)28(25)31-26(30-27)20(3)10-6-2/h12-15,20H,5-11,16-19H2,1-4H3/t20-/m1/s1. The fourth-order valence-corrected chi connectivity index (χ4v) is 4.98. The molecule has 3 heterocycles. The summed E-state index contributed by atoms with van der Waals surface area (Å²) in [7, 11) is 0. The normalized spacial score (nSPS) is 15.0. The molecule has 36 heavy (non-hydrogen) atoms. The number of unbranched alkanes of at least 4 members (excludes halogenated alkanes) is 3. The highest BCUT2D eigenvalue weighted by molar-refractivity contribution is 5.91. The Hall–Kier alpha value is -3.03. The van der Waals surface area contributed by atoms with Gasteiger partial charge in [-0.25, -0.2) is 19.0 Å². The lowest BCUT2D eigenvalue weighted by Crippen LogP contribution is -2.49. The molecule has 1 amide bonds. The van der Waals surface area contributed by atoms with Gasteiger partial charge >= 0.3 is 0 Å². The molecule has 0 spiro atoms. The number of fused-ring (bicyclic) bond motifs is 1. The number of carbonyl (C=O) groups excluding carboxylic acids is 1. The van der Waals surface area contributed by atoms with E-state index in [9.17, 15) is 9.18 Å². The number of nitrogens with zero attached hydrogens (tertiary/aromatic N) is 6. The van der Waals surface area contributed by atoms with Gasteiger partial charge in [0.15, 0.2) is 5.65 Å². The number of aromatic nitrogens is 4. The van der Waals surface area contributed by atoms with Crippen molar-refractivity contribution in [3.05, 3.63) is 41.6 Å². The Morgan fingerprint density at radius 3 is 2.39 bits per heavy atom. The molecule has 1 saturated heterocycles.